The van der Waals surface area contributed by atoms with Crippen molar-refractivity contribution in [3.63, 3.8) is 0 Å². The highest BCUT2D eigenvalue weighted by Gasteiger charge is 2.55. The predicted molar refractivity (Wildman–Crippen MR) is 176 cm³/mol. The van der Waals surface area contributed by atoms with E-state index in [-0.39, 0.29) is 48.0 Å². The Bertz CT molecular complexity index is 1850. The van der Waals surface area contributed by atoms with E-state index in [4.69, 9.17) is 4.74 Å². The van der Waals surface area contributed by atoms with Crippen LogP contribution in [0.15, 0.2) is 23.4 Å². The van der Waals surface area contributed by atoms with Crippen LogP contribution in [0.25, 0.3) is 16.3 Å². The lowest BCUT2D eigenvalue weighted by atomic mass is 10.0. The molecular formula is C30H39F3N8O4S2Si. The van der Waals surface area contributed by atoms with Crippen LogP contribution in [0.4, 0.5) is 18.9 Å². The number of amides is 1. The van der Waals surface area contributed by atoms with Gasteiger partial charge in [-0.25, -0.2) is 26.6 Å². The first kappa shape index (κ1) is 34.7. The maximum atomic E-state index is 14.5. The van der Waals surface area contributed by atoms with Crippen molar-refractivity contribution in [1.82, 2.24) is 28.8 Å². The van der Waals surface area contributed by atoms with Crippen molar-refractivity contribution in [3.05, 3.63) is 23.5 Å². The summed E-state index contributed by atoms with van der Waals surface area (Å²) in [5, 5.41) is 17.1. The van der Waals surface area contributed by atoms with Crippen molar-refractivity contribution in [2.75, 3.05) is 44.5 Å². The molecule has 1 aliphatic heterocycles. The van der Waals surface area contributed by atoms with Gasteiger partial charge in [-0.15, -0.1) is 10.2 Å². The van der Waals surface area contributed by atoms with Crippen molar-refractivity contribution in [2.45, 2.75) is 81.2 Å². The maximum Gasteiger partial charge on any atom is 0.291 e. The van der Waals surface area contributed by atoms with Gasteiger partial charge in [-0.2, -0.15) is 9.57 Å². The number of alkyl halides is 3. The smallest absolute Gasteiger partial charge is 0.291 e. The molecule has 4 heterocycles. The number of nitrogens with zero attached hydrogens (tertiary/aromatic N) is 8. The second kappa shape index (κ2) is 12.6. The van der Waals surface area contributed by atoms with Gasteiger partial charge in [0.1, 0.15) is 23.8 Å². The van der Waals surface area contributed by atoms with Crippen LogP contribution >= 0.6 is 11.3 Å². The zero-order chi connectivity index (χ0) is 34.6. The van der Waals surface area contributed by atoms with Gasteiger partial charge in [-0.1, -0.05) is 37.9 Å². The summed E-state index contributed by atoms with van der Waals surface area (Å²) in [4.78, 5) is 20.9. The van der Waals surface area contributed by atoms with Gasteiger partial charge in [-0.3, -0.25) is 9.20 Å². The Morgan fingerprint density at radius 2 is 1.96 bits per heavy atom. The van der Waals surface area contributed by atoms with Crippen LogP contribution in [0.2, 0.25) is 25.7 Å². The molecule has 48 heavy (non-hydrogen) atoms. The Morgan fingerprint density at radius 3 is 2.54 bits per heavy atom. The minimum Gasteiger partial charge on any atom is -0.366 e. The Hall–Kier alpha value is -3.11. The molecule has 2 saturated carbocycles. The second-order valence-electron chi connectivity index (χ2n) is 14.3. The van der Waals surface area contributed by atoms with Crippen molar-refractivity contribution >= 4 is 46.5 Å². The number of rotatable bonds is 13. The highest BCUT2D eigenvalue weighted by Crippen LogP contribution is 2.48. The van der Waals surface area contributed by atoms with Crippen LogP contribution in [0, 0.1) is 16.7 Å². The summed E-state index contributed by atoms with van der Waals surface area (Å²) in [7, 11) is -5.87. The minimum atomic E-state index is -4.39. The first-order valence-corrected chi connectivity index (χ1v) is 21.9. The van der Waals surface area contributed by atoms with E-state index in [9.17, 15) is 31.6 Å². The number of aromatic nitrogens is 4. The Morgan fingerprint density at radius 1 is 1.23 bits per heavy atom. The second-order valence-corrected chi connectivity index (χ2v) is 22.8. The highest BCUT2D eigenvalue weighted by molar-refractivity contribution is 7.89. The van der Waals surface area contributed by atoms with Crippen molar-refractivity contribution in [1.29, 1.82) is 5.26 Å². The van der Waals surface area contributed by atoms with E-state index in [2.05, 4.69) is 40.9 Å². The van der Waals surface area contributed by atoms with Crippen LogP contribution in [-0.2, 0) is 19.6 Å². The van der Waals surface area contributed by atoms with E-state index < -0.39 is 53.2 Å². The molecule has 0 radical (unpaired) electrons. The number of sulfonamides is 1. The molecule has 6 rings (SSSR count). The zero-order valence-electron chi connectivity index (χ0n) is 27.3. The summed E-state index contributed by atoms with van der Waals surface area (Å²) in [6.45, 7) is 8.28. The number of ether oxygens (including phenoxy) is 1. The molecule has 18 heteroatoms. The quantitative estimate of drug-likeness (QED) is 0.136. The molecule has 1 amide bonds. The van der Waals surface area contributed by atoms with Crippen LogP contribution in [-0.4, -0.2) is 102 Å². The third-order valence-corrected chi connectivity index (χ3v) is 13.9. The summed E-state index contributed by atoms with van der Waals surface area (Å²) in [5.41, 5.74) is -0.905. The van der Waals surface area contributed by atoms with E-state index >= 15 is 0 Å². The van der Waals surface area contributed by atoms with E-state index in [0.717, 1.165) is 23.2 Å². The normalized spacial score (nSPS) is 20.5. The lowest BCUT2D eigenvalue weighted by molar-refractivity contribution is -0.139. The van der Waals surface area contributed by atoms with Gasteiger partial charge >= 0.3 is 0 Å². The molecule has 2 aliphatic carbocycles. The number of halogens is 3. The number of fused-ring (bicyclic) bond motifs is 1. The van der Waals surface area contributed by atoms with E-state index in [0.29, 0.717) is 42.0 Å². The fraction of sp³-hybridized carbons (Fsp3) is 0.633. The van der Waals surface area contributed by atoms with Crippen LogP contribution < -0.4 is 4.90 Å². The fourth-order valence-electron chi connectivity index (χ4n) is 5.85. The topological polar surface area (TPSA) is 137 Å². The lowest BCUT2D eigenvalue weighted by Gasteiger charge is -2.42. The third-order valence-electron chi connectivity index (χ3n) is 9.39. The first-order chi connectivity index (χ1) is 22.6. The van der Waals surface area contributed by atoms with Crippen LogP contribution in [0.5, 0.6) is 0 Å². The maximum absolute atomic E-state index is 14.5. The van der Waals surface area contributed by atoms with Gasteiger partial charge in [0.2, 0.25) is 15.9 Å². The number of hydrogen-bond acceptors (Lipinski definition) is 10. The molecular weight excluding hydrogens is 686 g/mol. The molecule has 3 aromatic rings. The zero-order valence-corrected chi connectivity index (χ0v) is 30.0. The van der Waals surface area contributed by atoms with Gasteiger partial charge in [0.05, 0.1) is 29.5 Å². The van der Waals surface area contributed by atoms with Gasteiger partial charge in [0, 0.05) is 45.9 Å². The number of carbonyl (C=O) groups is 1. The average Bonchev–Trinajstić information content (AvgIpc) is 3.88. The number of piperazine rings is 1. The molecule has 0 aromatic carbocycles. The van der Waals surface area contributed by atoms with E-state index in [1.807, 2.05) is 11.8 Å². The molecule has 0 unspecified atom stereocenters. The molecule has 3 fully saturated rings. The lowest BCUT2D eigenvalue weighted by Crippen LogP contribution is -2.57. The summed E-state index contributed by atoms with van der Waals surface area (Å²) >= 11 is 0.641. The molecule has 0 bridgehead atoms. The van der Waals surface area contributed by atoms with Gasteiger partial charge < -0.3 is 14.5 Å². The number of imidazole rings is 1. The van der Waals surface area contributed by atoms with Crippen LogP contribution in [0.1, 0.15) is 44.0 Å². The van der Waals surface area contributed by atoms with Gasteiger partial charge in [0.15, 0.2) is 15.8 Å². The number of pyridine rings is 1. The molecule has 12 nitrogen and oxygen atoms in total. The monoisotopic (exact) mass is 724 g/mol. The molecule has 3 aliphatic rings. The molecule has 0 spiro atoms. The van der Waals surface area contributed by atoms with Crippen molar-refractivity contribution < 1.29 is 31.1 Å². The SMILES string of the molecule is CC1(C(=O)N2CCN(c3cc(S(=O)(=O)N(COCC[Si](C)(C)C)C4(C#N)CC4)cn4c(-c5nnc(C(F)F)s5)ncc34)C[C@H]2CF)CC1. The summed E-state index contributed by atoms with van der Waals surface area (Å²) in [6.07, 6.45) is 2.17. The van der Waals surface area contributed by atoms with E-state index in [1.54, 1.807) is 4.90 Å². The number of carbonyl (C=O) groups excluding carboxylic acids is 1. The molecule has 1 atom stereocenters. The summed E-state index contributed by atoms with van der Waals surface area (Å²) in [5.74, 6) is 0.0181. The Labute approximate surface area is 282 Å². The summed E-state index contributed by atoms with van der Waals surface area (Å²) < 4.78 is 78.8. The van der Waals surface area contributed by atoms with Gasteiger partial charge in [-0.05, 0) is 37.8 Å². The third kappa shape index (κ3) is 6.59. The largest absolute Gasteiger partial charge is 0.366 e. The number of hydrogen-bond donors (Lipinski definition) is 0. The van der Waals surface area contributed by atoms with Crippen molar-refractivity contribution in [3.8, 4) is 16.9 Å². The van der Waals surface area contributed by atoms with E-state index in [1.165, 1.54) is 22.9 Å². The number of anilines is 1. The molecule has 1 saturated heterocycles. The number of nitriles is 1. The standard InChI is InChI=1S/C30H39F3N8O4S2Si/c1-29(5-6-29)28(42)39-10-9-38(16-20(39)14-31)22-13-21(17-40-23(22)15-35-25(40)27-37-36-26(46-27)24(32)33)47(43,44)41(30(18-34)7-8-30)19-45-11-12-48(2,3)4/h13,15,17,20,24H,5-12,14,16,19H2,1-4H3/t20-/m1/s1. The Kier molecular flexibility index (Phi) is 9.15. The Balaban J connectivity index is 1.42. The van der Waals surface area contributed by atoms with Gasteiger partial charge in [0.25, 0.3) is 6.43 Å². The highest BCUT2D eigenvalue weighted by atomic mass is 32.2. The molecule has 0 N–H and O–H groups in total. The first-order valence-electron chi connectivity index (χ1n) is 15.9. The molecule has 260 valence electrons. The predicted octanol–water partition coefficient (Wildman–Crippen LogP) is 4.94. The van der Waals surface area contributed by atoms with Crippen LogP contribution in [0.3, 0.4) is 0 Å². The van der Waals surface area contributed by atoms with Crippen molar-refractivity contribution in [2.24, 2.45) is 5.41 Å². The summed E-state index contributed by atoms with van der Waals surface area (Å²) in [6, 6.07) is 3.69. The molecule has 3 aromatic heterocycles. The minimum absolute atomic E-state index is 0.0581. The average molecular weight is 725 g/mol. The fourth-order valence-corrected chi connectivity index (χ4v) is 8.95.